The average Bonchev–Trinajstić information content (AvgIpc) is 0.669. The van der Waals surface area contributed by atoms with Gasteiger partial charge in [-0.05, 0) is 163 Å². The molecule has 0 unspecified atom stereocenters. The number of hydrogen-bond acceptors (Lipinski definition) is 39. The lowest BCUT2D eigenvalue weighted by molar-refractivity contribution is -0.377. The summed E-state index contributed by atoms with van der Waals surface area (Å²) in [6.45, 7) is 25.7. The van der Waals surface area contributed by atoms with E-state index in [4.69, 9.17) is 75.8 Å². The van der Waals surface area contributed by atoms with Crippen LogP contribution >= 0.6 is 0 Å². The van der Waals surface area contributed by atoms with E-state index in [1.165, 1.54) is 58.9 Å². The summed E-state index contributed by atoms with van der Waals surface area (Å²) in [5.74, 6) is -4.13. The van der Waals surface area contributed by atoms with Gasteiger partial charge in [0.2, 0.25) is 6.29 Å². The van der Waals surface area contributed by atoms with Gasteiger partial charge in [-0.3, -0.25) is 4.79 Å². The van der Waals surface area contributed by atoms with E-state index in [9.17, 15) is 112 Å². The fourth-order valence-electron chi connectivity index (χ4n) is 22.2. The molecule has 0 amide bonds. The van der Waals surface area contributed by atoms with Gasteiger partial charge in [0.25, 0.3) is 0 Å². The van der Waals surface area contributed by atoms with E-state index in [0.717, 1.165) is 5.57 Å². The molecule has 7 aliphatic heterocycles. The molecule has 730 valence electrons. The Morgan fingerprint density at radius 1 is 0.492 bits per heavy atom. The Balaban J connectivity index is 0.807. The second-order valence-electron chi connectivity index (χ2n) is 40.2. The van der Waals surface area contributed by atoms with Crippen LogP contribution in [-0.2, 0) is 90.2 Å². The molecule has 128 heavy (non-hydrogen) atoms. The van der Waals surface area contributed by atoms with Gasteiger partial charge in [-0.1, -0.05) is 84.4 Å². The summed E-state index contributed by atoms with van der Waals surface area (Å²) in [5.41, 5.74) is -6.89. The zero-order valence-corrected chi connectivity index (χ0v) is 74.8. The highest BCUT2D eigenvalue weighted by atomic mass is 16.8. The molecule has 12 aliphatic rings. The van der Waals surface area contributed by atoms with Gasteiger partial charge < -0.3 is 178 Å². The Kier molecular flexibility index (Phi) is 32.3. The Morgan fingerprint density at radius 3 is 1.59 bits per heavy atom. The van der Waals surface area contributed by atoms with Crippen LogP contribution < -0.4 is 0 Å². The first kappa shape index (κ1) is 103. The molecule has 20 N–H and O–H groups in total. The molecule has 11 fully saturated rings. The van der Waals surface area contributed by atoms with E-state index >= 15 is 4.79 Å². The van der Waals surface area contributed by atoms with Crippen molar-refractivity contribution in [3.63, 3.8) is 0 Å². The first-order valence-corrected chi connectivity index (χ1v) is 44.8. The summed E-state index contributed by atoms with van der Waals surface area (Å²) < 4.78 is 97.3. The van der Waals surface area contributed by atoms with E-state index in [1.807, 2.05) is 0 Å². The Labute approximate surface area is 744 Å². The SMILES string of the molecule is C=C[C@@](C)(O)CC/C=C(\C)C(=O)O[C@H]1[C@H](OC[C@H]2O[C@@H](OC(=O)[C@]34CCC(C)(C)C[C@H]3C3=CC[C@@H]5[C@@]6(C)CC[C@H](O[C@@H]7O[C@H](CO[C@@H]8OC[C@H](O)[C@H](O)[C@H]8O[C@@H]8OC[C@@H](O)[C@H](O)[C@H]8O)[C@@H](O)[C@H](O)[C@H]7O)C(C)(C)[C@@H]6CC[C@@]5(C)[C@]3(C)C[C@H]4O)[C@H](O[C@@H]3O[C@@H](C)[C@H](O[C@@H]4OC[C@@H](O)[C@H](O)[C@H]4O)[C@@H](O)[C@H]3O)[C@@H](O)[C@@H]2O)O[C@@H](C)[C@H](O)[C@H]1OC(=O)/C(=C/CC[C@](C)(O)C=C)CO. The predicted octanol–water partition coefficient (Wildman–Crippen LogP) is -2.22. The van der Waals surface area contributed by atoms with Crippen molar-refractivity contribution in [3.05, 3.63) is 60.3 Å². The third-order valence-electron chi connectivity index (χ3n) is 30.7. The van der Waals surface area contributed by atoms with Gasteiger partial charge in [0.15, 0.2) is 56.1 Å². The van der Waals surface area contributed by atoms with Gasteiger partial charge in [0, 0.05) is 5.57 Å². The van der Waals surface area contributed by atoms with Crippen LogP contribution in [0.2, 0.25) is 0 Å². The van der Waals surface area contributed by atoms with Crippen LogP contribution in [0, 0.1) is 50.2 Å². The topological polar surface area (TPSA) is 603 Å². The van der Waals surface area contributed by atoms with Crippen molar-refractivity contribution in [2.45, 2.75) is 387 Å². The van der Waals surface area contributed by atoms with Gasteiger partial charge in [0.05, 0.1) is 80.8 Å². The number of allylic oxidation sites excluding steroid dienone is 4. The van der Waals surface area contributed by atoms with Crippen molar-refractivity contribution in [1.29, 1.82) is 0 Å². The zero-order chi connectivity index (χ0) is 94.1. The van der Waals surface area contributed by atoms with Gasteiger partial charge in [-0.25, -0.2) is 9.59 Å². The number of aliphatic hydroxyl groups excluding tert-OH is 18. The van der Waals surface area contributed by atoms with Crippen molar-refractivity contribution in [1.82, 2.24) is 0 Å². The summed E-state index contributed by atoms with van der Waals surface area (Å²) in [7, 11) is 0. The average molecular weight is 1830 g/mol. The van der Waals surface area contributed by atoms with Crippen molar-refractivity contribution < 1.29 is 192 Å². The monoisotopic (exact) mass is 1830 g/mol. The molecule has 39 nitrogen and oxygen atoms in total. The number of carbonyl (C=O) groups excluding carboxylic acids is 3. The molecule has 4 saturated carbocycles. The molecule has 12 rings (SSSR count). The summed E-state index contributed by atoms with van der Waals surface area (Å²) in [4.78, 5) is 44.8. The van der Waals surface area contributed by atoms with E-state index in [-0.39, 0.29) is 61.5 Å². The zero-order valence-electron chi connectivity index (χ0n) is 74.8. The number of ether oxygens (including phenoxy) is 16. The van der Waals surface area contributed by atoms with E-state index < -0.39 is 316 Å². The molecule has 0 bridgehead atoms. The van der Waals surface area contributed by atoms with Gasteiger partial charge >= 0.3 is 17.9 Å². The summed E-state index contributed by atoms with van der Waals surface area (Å²) in [5, 5.41) is 225. The third kappa shape index (κ3) is 20.3. The molecule has 0 aromatic rings. The molecule has 39 heteroatoms. The van der Waals surface area contributed by atoms with Crippen LogP contribution in [0.15, 0.2) is 60.3 Å². The highest BCUT2D eigenvalue weighted by molar-refractivity contribution is 5.89. The van der Waals surface area contributed by atoms with Crippen molar-refractivity contribution in [2.75, 3.05) is 39.6 Å². The number of hydrogen-bond donors (Lipinski definition) is 20. The number of aliphatic hydroxyl groups is 20. The summed E-state index contributed by atoms with van der Waals surface area (Å²) >= 11 is 0. The van der Waals surface area contributed by atoms with Crippen molar-refractivity contribution in [3.8, 4) is 0 Å². The molecule has 0 aromatic carbocycles. The fourth-order valence-corrected chi connectivity index (χ4v) is 22.2. The number of rotatable bonds is 29. The highest BCUT2D eigenvalue weighted by Gasteiger charge is 2.73. The minimum Gasteiger partial charge on any atom is -0.452 e. The fraction of sp³-hybridized carbons (Fsp3) is 0.854. The number of carbonyl (C=O) groups is 3. The maximum absolute atomic E-state index is 16.4. The van der Waals surface area contributed by atoms with Crippen LogP contribution in [0.1, 0.15) is 167 Å². The first-order valence-electron chi connectivity index (χ1n) is 44.8. The van der Waals surface area contributed by atoms with Gasteiger partial charge in [-0.15, -0.1) is 13.2 Å². The van der Waals surface area contributed by atoms with Gasteiger partial charge in [0.1, 0.15) is 127 Å². The second kappa shape index (κ2) is 40.2. The number of esters is 3. The van der Waals surface area contributed by atoms with Crippen molar-refractivity contribution in [2.24, 2.45) is 50.2 Å². The van der Waals surface area contributed by atoms with Crippen LogP contribution in [-0.4, -0.2) is 380 Å². The van der Waals surface area contributed by atoms with Crippen LogP contribution in [0.25, 0.3) is 0 Å². The smallest absolute Gasteiger partial charge is 0.336 e. The van der Waals surface area contributed by atoms with E-state index in [0.29, 0.717) is 44.9 Å². The summed E-state index contributed by atoms with van der Waals surface area (Å²) in [6, 6.07) is 0. The van der Waals surface area contributed by atoms with E-state index in [1.54, 1.807) is 0 Å². The van der Waals surface area contributed by atoms with Crippen LogP contribution in [0.3, 0.4) is 0 Å². The maximum Gasteiger partial charge on any atom is 0.336 e. The second-order valence-corrected chi connectivity index (χ2v) is 40.2. The summed E-state index contributed by atoms with van der Waals surface area (Å²) in [6.07, 6.45) is -46.5. The first-order chi connectivity index (χ1) is 59.9. The van der Waals surface area contributed by atoms with E-state index in [2.05, 4.69) is 67.7 Å². The lowest BCUT2D eigenvalue weighted by Crippen LogP contribution is -2.69. The van der Waals surface area contributed by atoms with Crippen molar-refractivity contribution >= 4 is 17.9 Å². The van der Waals surface area contributed by atoms with Crippen LogP contribution in [0.4, 0.5) is 0 Å². The minimum atomic E-state index is -2.23. The molecular weight excluding hydrogens is 1690 g/mol. The standard InChI is InChI=1S/C89H140O39/c1-15-84(10,111)25-17-19-39(3)72(108)124-71-68(123-73(109)42(33-90)20-18-26-85(11,112)16-2)54(95)40(4)118-79(71)117-38-49-59(100)61(102)70(127-76-66(107)62(103)67(41(5)119-76)125-74-63(104)55(96)45(91)34-113-74)80(121-49)128-81(110)89-30-29-82(6,7)31-44(89)43-21-22-51-86(12)27-24-53(83(8,9)50(86)23-28-87(51,13)88(43,14)32-52(89)94)122-77-65(106)60(101)58(99)48(120-77)37-116-78-69(57(98)47(93)36-115-78)126-75-64(105)56(97)46(92)35-114-75/h15-16,19-21,40-41,44-71,74-80,90-107,111-112H,1-2,17-18,22-38H2,3-14H3/b39-19+,42-20+/t40-,41-,44-,45+,46+,47-,48+,49+,50-,51+,52+,53-,54-,55-,56-,57-,58+,59+,60-,61-,62-,63+,64+,65+,66+,67-,68+,69+,70+,71+,74-,75-,76-,77-,78-,79+,80-,84+,85+,86-,87+,88+,89+/m0/s1. The predicted molar refractivity (Wildman–Crippen MR) is 438 cm³/mol. The quantitative estimate of drug-likeness (QED) is 0.0124. The maximum atomic E-state index is 16.4. The molecule has 0 radical (unpaired) electrons. The Hall–Kier alpha value is -4.21. The molecule has 7 heterocycles. The molecule has 5 aliphatic carbocycles. The Bertz CT molecular complexity index is 3900. The molecular formula is C89H140O39. The Morgan fingerprint density at radius 2 is 0.992 bits per heavy atom. The van der Waals surface area contributed by atoms with Gasteiger partial charge in [-0.2, -0.15) is 0 Å². The number of fused-ring (bicyclic) bond motifs is 7. The third-order valence-corrected chi connectivity index (χ3v) is 30.7. The largest absolute Gasteiger partial charge is 0.452 e. The minimum absolute atomic E-state index is 0.0259. The molecule has 0 spiro atoms. The molecule has 0 aromatic heterocycles. The van der Waals surface area contributed by atoms with Crippen LogP contribution in [0.5, 0.6) is 0 Å². The lowest BCUT2D eigenvalue weighted by atomic mass is 9.33. The lowest BCUT2D eigenvalue weighted by Gasteiger charge is -2.71. The molecule has 7 saturated heterocycles. The molecule has 43 atom stereocenters. The highest BCUT2D eigenvalue weighted by Crippen LogP contribution is 2.76. The normalized spacial score (nSPS) is 47.8.